The van der Waals surface area contributed by atoms with Crippen LogP contribution in [0.5, 0.6) is 0 Å². The summed E-state index contributed by atoms with van der Waals surface area (Å²) in [6.07, 6.45) is -0.884. The Morgan fingerprint density at radius 1 is 1.32 bits per heavy atom. The van der Waals surface area contributed by atoms with Crippen molar-refractivity contribution in [1.82, 2.24) is 0 Å². The largest absolute Gasteiger partial charge is 0.383 e. The SMILES string of the molecule is O=C(CCl)Nc1sccc1C(O)c1ccccc1Cl. The van der Waals surface area contributed by atoms with Gasteiger partial charge in [0.05, 0.1) is 0 Å². The van der Waals surface area contributed by atoms with Gasteiger partial charge in [-0.05, 0) is 17.5 Å². The molecule has 3 nitrogen and oxygen atoms in total. The van der Waals surface area contributed by atoms with Crippen LogP contribution in [0, 0.1) is 0 Å². The van der Waals surface area contributed by atoms with Gasteiger partial charge >= 0.3 is 0 Å². The number of amides is 1. The number of hydrogen-bond donors (Lipinski definition) is 2. The molecule has 1 unspecified atom stereocenters. The third-order valence-electron chi connectivity index (χ3n) is 2.56. The maximum Gasteiger partial charge on any atom is 0.239 e. The molecule has 2 rings (SSSR count). The molecule has 100 valence electrons. The molecule has 0 bridgehead atoms. The number of carbonyl (C=O) groups is 1. The number of anilines is 1. The van der Waals surface area contributed by atoms with Crippen molar-refractivity contribution in [2.75, 3.05) is 11.2 Å². The van der Waals surface area contributed by atoms with Crippen LogP contribution in [0.15, 0.2) is 35.7 Å². The van der Waals surface area contributed by atoms with Gasteiger partial charge in [0, 0.05) is 16.1 Å². The lowest BCUT2D eigenvalue weighted by Crippen LogP contribution is -2.13. The number of aliphatic hydroxyl groups is 1. The van der Waals surface area contributed by atoms with Crippen molar-refractivity contribution < 1.29 is 9.90 Å². The van der Waals surface area contributed by atoms with E-state index in [1.54, 1.807) is 35.7 Å². The van der Waals surface area contributed by atoms with E-state index in [1.165, 1.54) is 11.3 Å². The highest BCUT2D eigenvalue weighted by Crippen LogP contribution is 2.35. The van der Waals surface area contributed by atoms with Crippen molar-refractivity contribution in [2.45, 2.75) is 6.10 Å². The number of nitrogens with one attached hydrogen (secondary N) is 1. The van der Waals surface area contributed by atoms with E-state index in [-0.39, 0.29) is 11.8 Å². The summed E-state index contributed by atoms with van der Waals surface area (Å²) in [6, 6.07) is 8.81. The van der Waals surface area contributed by atoms with Crippen LogP contribution in [0.4, 0.5) is 5.00 Å². The summed E-state index contributed by atoms with van der Waals surface area (Å²) in [5, 5.41) is 15.9. The Balaban J connectivity index is 2.30. The van der Waals surface area contributed by atoms with Crippen LogP contribution in [0.25, 0.3) is 0 Å². The third kappa shape index (κ3) is 3.28. The summed E-state index contributed by atoms with van der Waals surface area (Å²) in [4.78, 5) is 11.3. The van der Waals surface area contributed by atoms with Gasteiger partial charge in [-0.2, -0.15) is 0 Å². The Labute approximate surface area is 124 Å². The summed E-state index contributed by atoms with van der Waals surface area (Å²) >= 11 is 12.8. The Morgan fingerprint density at radius 3 is 2.74 bits per heavy atom. The van der Waals surface area contributed by atoms with Gasteiger partial charge in [0.25, 0.3) is 0 Å². The molecule has 1 aromatic heterocycles. The summed E-state index contributed by atoms with van der Waals surface area (Å²) in [7, 11) is 0. The lowest BCUT2D eigenvalue weighted by atomic mass is 10.0. The van der Waals surface area contributed by atoms with E-state index in [2.05, 4.69) is 5.32 Å². The number of rotatable bonds is 4. The third-order valence-corrected chi connectivity index (χ3v) is 4.00. The predicted octanol–water partition coefficient (Wildman–Crippen LogP) is 3.66. The molecule has 0 radical (unpaired) electrons. The lowest BCUT2D eigenvalue weighted by Gasteiger charge is -2.13. The van der Waals surface area contributed by atoms with Crippen LogP contribution in [-0.4, -0.2) is 16.9 Å². The van der Waals surface area contributed by atoms with Crippen molar-refractivity contribution >= 4 is 45.4 Å². The maximum absolute atomic E-state index is 11.3. The maximum atomic E-state index is 11.3. The van der Waals surface area contributed by atoms with Crippen LogP contribution in [0.1, 0.15) is 17.2 Å². The second kappa shape index (κ2) is 6.39. The fraction of sp³-hybridized carbons (Fsp3) is 0.154. The number of halogens is 2. The highest BCUT2D eigenvalue weighted by atomic mass is 35.5. The molecule has 0 spiro atoms. The number of thiophene rings is 1. The van der Waals surface area contributed by atoms with Crippen LogP contribution in [0.3, 0.4) is 0 Å². The van der Waals surface area contributed by atoms with Crippen LogP contribution in [-0.2, 0) is 4.79 Å². The van der Waals surface area contributed by atoms with E-state index >= 15 is 0 Å². The second-order valence-corrected chi connectivity index (χ2v) is 5.40. The molecule has 6 heteroatoms. The number of carbonyl (C=O) groups excluding carboxylic acids is 1. The number of hydrogen-bond acceptors (Lipinski definition) is 3. The fourth-order valence-electron chi connectivity index (χ4n) is 1.66. The zero-order valence-electron chi connectivity index (χ0n) is 9.77. The molecular weight excluding hydrogens is 305 g/mol. The molecule has 0 saturated heterocycles. The van der Waals surface area contributed by atoms with Crippen LogP contribution in [0.2, 0.25) is 5.02 Å². The minimum Gasteiger partial charge on any atom is -0.383 e. The minimum absolute atomic E-state index is 0.125. The summed E-state index contributed by atoms with van der Waals surface area (Å²) in [5.41, 5.74) is 1.21. The molecular formula is C13H11Cl2NO2S. The smallest absolute Gasteiger partial charge is 0.239 e. The first kappa shape index (κ1) is 14.3. The molecule has 1 aromatic carbocycles. The molecule has 0 saturated carbocycles. The van der Waals surface area contributed by atoms with E-state index in [0.717, 1.165) is 0 Å². The first-order valence-corrected chi connectivity index (χ1v) is 7.28. The number of aliphatic hydroxyl groups excluding tert-OH is 1. The molecule has 0 aliphatic heterocycles. The highest BCUT2D eigenvalue weighted by molar-refractivity contribution is 7.14. The van der Waals surface area contributed by atoms with Crippen molar-refractivity contribution in [3.8, 4) is 0 Å². The van der Waals surface area contributed by atoms with Gasteiger partial charge in [-0.25, -0.2) is 0 Å². The quantitative estimate of drug-likeness (QED) is 0.846. The van der Waals surface area contributed by atoms with Gasteiger partial charge in [-0.3, -0.25) is 4.79 Å². The Morgan fingerprint density at radius 2 is 2.05 bits per heavy atom. The molecule has 1 amide bonds. The van der Waals surface area contributed by atoms with Gasteiger partial charge in [0.15, 0.2) is 0 Å². The van der Waals surface area contributed by atoms with Gasteiger partial charge in [0.1, 0.15) is 17.0 Å². The fourth-order valence-corrected chi connectivity index (χ4v) is 2.81. The summed E-state index contributed by atoms with van der Waals surface area (Å²) in [5.74, 6) is -0.434. The molecule has 0 aliphatic rings. The van der Waals surface area contributed by atoms with Crippen molar-refractivity contribution in [3.05, 3.63) is 51.9 Å². The molecule has 1 atom stereocenters. The van der Waals surface area contributed by atoms with E-state index in [4.69, 9.17) is 23.2 Å². The van der Waals surface area contributed by atoms with E-state index in [0.29, 0.717) is 21.2 Å². The molecule has 19 heavy (non-hydrogen) atoms. The first-order chi connectivity index (χ1) is 9.13. The normalized spacial score (nSPS) is 12.2. The Hall–Kier alpha value is -1.07. The van der Waals surface area contributed by atoms with Crippen LogP contribution < -0.4 is 5.32 Å². The van der Waals surface area contributed by atoms with Crippen molar-refractivity contribution in [1.29, 1.82) is 0 Å². The molecule has 2 N–H and O–H groups in total. The van der Waals surface area contributed by atoms with E-state index < -0.39 is 6.10 Å². The van der Waals surface area contributed by atoms with Crippen molar-refractivity contribution in [3.63, 3.8) is 0 Å². The standard InChI is InChI=1S/C13H11Cl2NO2S/c14-7-11(17)16-13-9(5-6-19-13)12(18)8-3-1-2-4-10(8)15/h1-6,12,18H,7H2,(H,16,17). The van der Waals surface area contributed by atoms with Gasteiger partial charge in [0.2, 0.25) is 5.91 Å². The predicted molar refractivity (Wildman–Crippen MR) is 79.2 cm³/mol. The average molecular weight is 316 g/mol. The van der Waals surface area contributed by atoms with E-state index in [9.17, 15) is 9.90 Å². The highest BCUT2D eigenvalue weighted by Gasteiger charge is 2.19. The van der Waals surface area contributed by atoms with E-state index in [1.807, 2.05) is 0 Å². The monoisotopic (exact) mass is 315 g/mol. The molecule has 2 aromatic rings. The molecule has 0 fully saturated rings. The Kier molecular flexibility index (Phi) is 4.82. The van der Waals surface area contributed by atoms with Crippen LogP contribution >= 0.6 is 34.5 Å². The topological polar surface area (TPSA) is 49.3 Å². The second-order valence-electron chi connectivity index (χ2n) is 3.81. The van der Waals surface area contributed by atoms with Gasteiger partial charge in [-0.1, -0.05) is 29.8 Å². The van der Waals surface area contributed by atoms with Gasteiger partial charge in [-0.15, -0.1) is 22.9 Å². The number of benzene rings is 1. The molecule has 1 heterocycles. The first-order valence-electron chi connectivity index (χ1n) is 5.49. The zero-order chi connectivity index (χ0) is 13.8. The molecule has 0 aliphatic carbocycles. The number of alkyl halides is 1. The van der Waals surface area contributed by atoms with Crippen molar-refractivity contribution in [2.24, 2.45) is 0 Å². The van der Waals surface area contributed by atoms with Gasteiger partial charge < -0.3 is 10.4 Å². The minimum atomic E-state index is -0.884. The average Bonchev–Trinajstić information content (AvgIpc) is 2.86. The summed E-state index contributed by atoms with van der Waals surface area (Å²) in [6.45, 7) is 0. The lowest BCUT2D eigenvalue weighted by molar-refractivity contribution is -0.113. The zero-order valence-corrected chi connectivity index (χ0v) is 12.1. The summed E-state index contributed by atoms with van der Waals surface area (Å²) < 4.78 is 0. The Bertz CT molecular complexity index is 586.